The van der Waals surface area contributed by atoms with Crippen molar-refractivity contribution in [3.8, 4) is 0 Å². The minimum atomic E-state index is -0.784. The van der Waals surface area contributed by atoms with Gasteiger partial charge in [-0.25, -0.2) is 0 Å². The Morgan fingerprint density at radius 2 is 1.41 bits per heavy atom. The van der Waals surface area contributed by atoms with Gasteiger partial charge in [0, 0.05) is 7.05 Å². The highest BCUT2D eigenvalue weighted by molar-refractivity contribution is 5.97. The van der Waals surface area contributed by atoms with Crippen LogP contribution in [0.2, 0.25) is 0 Å². The first kappa shape index (κ1) is 28.4. The Morgan fingerprint density at radius 3 is 1.94 bits per heavy atom. The lowest BCUT2D eigenvalue weighted by atomic mass is 9.91. The average molecular weight is 454 g/mol. The van der Waals surface area contributed by atoms with Gasteiger partial charge in [0.15, 0.2) is 0 Å². The molecule has 0 aromatic rings. The molecule has 0 unspecified atom stereocenters. The van der Waals surface area contributed by atoms with Crippen LogP contribution in [0.1, 0.15) is 117 Å². The van der Waals surface area contributed by atoms with Crippen LogP contribution in [-0.2, 0) is 23.9 Å². The van der Waals surface area contributed by atoms with E-state index in [1.807, 2.05) is 0 Å². The molecule has 32 heavy (non-hydrogen) atoms. The zero-order valence-electron chi connectivity index (χ0n) is 20.8. The standard InChI is InChI=1S/C26H47NO5/c1-4-6-8-10-11-12-13-14-15-17-19-22(24(28)27-3)25(29)31-20-23-21(26(30)32-23)18-16-9-7-5-2/h21-23H,4-20H2,1-3H3,(H,27,28)/t21-,22-,23+/m0/s1. The Kier molecular flexibility index (Phi) is 15.9. The van der Waals surface area contributed by atoms with Crippen LogP contribution in [-0.4, -0.2) is 37.6 Å². The lowest BCUT2D eigenvalue weighted by Crippen LogP contribution is -2.48. The summed E-state index contributed by atoms with van der Waals surface area (Å²) in [6.45, 7) is 4.43. The number of nitrogens with one attached hydrogen (secondary N) is 1. The van der Waals surface area contributed by atoms with E-state index < -0.39 is 11.9 Å². The third-order valence-electron chi connectivity index (χ3n) is 6.47. The van der Waals surface area contributed by atoms with Gasteiger partial charge in [0.1, 0.15) is 18.6 Å². The number of hydrogen-bond acceptors (Lipinski definition) is 5. The summed E-state index contributed by atoms with van der Waals surface area (Å²) in [6, 6.07) is 0. The normalized spacial score (nSPS) is 18.5. The Balaban J connectivity index is 2.26. The van der Waals surface area contributed by atoms with Gasteiger partial charge in [0.2, 0.25) is 5.91 Å². The third kappa shape index (κ3) is 11.3. The van der Waals surface area contributed by atoms with Gasteiger partial charge < -0.3 is 14.8 Å². The third-order valence-corrected chi connectivity index (χ3v) is 6.47. The molecule has 3 atom stereocenters. The summed E-state index contributed by atoms with van der Waals surface area (Å²) in [6.07, 6.45) is 17.4. The Bertz CT molecular complexity index is 536. The molecule has 186 valence electrons. The van der Waals surface area contributed by atoms with Gasteiger partial charge in [-0.2, -0.15) is 0 Å². The molecule has 6 nitrogen and oxygen atoms in total. The van der Waals surface area contributed by atoms with Crippen molar-refractivity contribution >= 4 is 17.8 Å². The Morgan fingerprint density at radius 1 is 0.875 bits per heavy atom. The number of hydrogen-bond donors (Lipinski definition) is 1. The van der Waals surface area contributed by atoms with Crippen molar-refractivity contribution in [2.24, 2.45) is 11.8 Å². The van der Waals surface area contributed by atoms with Crippen molar-refractivity contribution in [3.05, 3.63) is 0 Å². The number of carbonyl (C=O) groups excluding carboxylic acids is 3. The summed E-state index contributed by atoms with van der Waals surface area (Å²) in [5.41, 5.74) is 0. The molecule has 1 amide bonds. The van der Waals surface area contributed by atoms with E-state index in [9.17, 15) is 14.4 Å². The summed E-state index contributed by atoms with van der Waals surface area (Å²) in [4.78, 5) is 36.5. The van der Waals surface area contributed by atoms with E-state index in [0.29, 0.717) is 6.42 Å². The number of carbonyl (C=O) groups is 3. The number of rotatable bonds is 20. The number of unbranched alkanes of at least 4 members (excludes halogenated alkanes) is 12. The maximum Gasteiger partial charge on any atom is 0.318 e. The van der Waals surface area contributed by atoms with E-state index in [1.165, 1.54) is 44.9 Å². The van der Waals surface area contributed by atoms with Crippen LogP contribution in [0.15, 0.2) is 0 Å². The smallest absolute Gasteiger partial charge is 0.318 e. The lowest BCUT2D eigenvalue weighted by molar-refractivity contribution is -0.195. The SMILES string of the molecule is CCCCCCCCCCCC[C@@H](C(=O)NC)C(=O)OC[C@H]1OC(=O)[C@H]1CCCCCC. The molecule has 1 rings (SSSR count). The summed E-state index contributed by atoms with van der Waals surface area (Å²) in [5, 5.41) is 2.58. The fourth-order valence-corrected chi connectivity index (χ4v) is 4.27. The number of amides is 1. The highest BCUT2D eigenvalue weighted by Gasteiger charge is 2.43. The van der Waals surface area contributed by atoms with Crippen molar-refractivity contribution in [1.82, 2.24) is 5.32 Å². The predicted molar refractivity (Wildman–Crippen MR) is 127 cm³/mol. The van der Waals surface area contributed by atoms with Crippen molar-refractivity contribution in [2.45, 2.75) is 123 Å². The lowest BCUT2D eigenvalue weighted by Gasteiger charge is -2.34. The fourth-order valence-electron chi connectivity index (χ4n) is 4.27. The van der Waals surface area contributed by atoms with E-state index in [4.69, 9.17) is 9.47 Å². The molecule has 0 aromatic heterocycles. The van der Waals surface area contributed by atoms with Crippen LogP contribution < -0.4 is 5.32 Å². The van der Waals surface area contributed by atoms with Crippen LogP contribution in [0.5, 0.6) is 0 Å². The molecule has 0 saturated carbocycles. The zero-order valence-corrected chi connectivity index (χ0v) is 20.8. The van der Waals surface area contributed by atoms with Crippen LogP contribution in [0, 0.1) is 11.8 Å². The highest BCUT2D eigenvalue weighted by atomic mass is 16.6. The maximum absolute atomic E-state index is 12.5. The quantitative estimate of drug-likeness (QED) is 0.145. The van der Waals surface area contributed by atoms with Crippen molar-refractivity contribution < 1.29 is 23.9 Å². The topological polar surface area (TPSA) is 81.7 Å². The van der Waals surface area contributed by atoms with Crippen LogP contribution >= 0.6 is 0 Å². The zero-order chi connectivity index (χ0) is 23.6. The van der Waals surface area contributed by atoms with E-state index in [0.717, 1.165) is 51.4 Å². The highest BCUT2D eigenvalue weighted by Crippen LogP contribution is 2.28. The maximum atomic E-state index is 12.5. The molecule has 1 saturated heterocycles. The van der Waals surface area contributed by atoms with Crippen molar-refractivity contribution in [3.63, 3.8) is 0 Å². The van der Waals surface area contributed by atoms with E-state index in [1.54, 1.807) is 7.05 Å². The number of esters is 2. The molecule has 1 fully saturated rings. The minimum Gasteiger partial charge on any atom is -0.461 e. The molecule has 0 aromatic carbocycles. The average Bonchev–Trinajstić information content (AvgIpc) is 2.79. The first-order valence-corrected chi connectivity index (χ1v) is 13.1. The van der Waals surface area contributed by atoms with E-state index in [-0.39, 0.29) is 30.5 Å². The molecular formula is C26H47NO5. The molecule has 1 aliphatic heterocycles. The molecule has 6 heteroatoms. The molecule has 1 heterocycles. The van der Waals surface area contributed by atoms with Gasteiger partial charge in [-0.05, 0) is 12.8 Å². The fraction of sp³-hybridized carbons (Fsp3) is 0.885. The monoisotopic (exact) mass is 453 g/mol. The summed E-state index contributed by atoms with van der Waals surface area (Å²) >= 11 is 0. The van der Waals surface area contributed by atoms with Crippen molar-refractivity contribution in [2.75, 3.05) is 13.7 Å². The Labute approximate surface area is 195 Å². The van der Waals surface area contributed by atoms with Gasteiger partial charge >= 0.3 is 11.9 Å². The van der Waals surface area contributed by atoms with Gasteiger partial charge in [-0.3, -0.25) is 14.4 Å². The van der Waals surface area contributed by atoms with Crippen LogP contribution in [0.3, 0.4) is 0 Å². The molecule has 0 bridgehead atoms. The largest absolute Gasteiger partial charge is 0.461 e. The van der Waals surface area contributed by atoms with Gasteiger partial charge in [0.05, 0.1) is 5.92 Å². The van der Waals surface area contributed by atoms with E-state index >= 15 is 0 Å². The van der Waals surface area contributed by atoms with Gasteiger partial charge in [0.25, 0.3) is 0 Å². The molecule has 0 radical (unpaired) electrons. The second kappa shape index (κ2) is 17.9. The molecular weight excluding hydrogens is 406 g/mol. The first-order valence-electron chi connectivity index (χ1n) is 13.1. The van der Waals surface area contributed by atoms with Crippen LogP contribution in [0.4, 0.5) is 0 Å². The second-order valence-electron chi connectivity index (χ2n) is 9.20. The number of cyclic esters (lactones) is 1. The molecule has 1 aliphatic rings. The summed E-state index contributed by atoms with van der Waals surface area (Å²) < 4.78 is 10.6. The number of ether oxygens (including phenoxy) is 2. The van der Waals surface area contributed by atoms with Crippen LogP contribution in [0.25, 0.3) is 0 Å². The van der Waals surface area contributed by atoms with E-state index in [2.05, 4.69) is 19.2 Å². The Hall–Kier alpha value is -1.59. The molecule has 0 aliphatic carbocycles. The first-order chi connectivity index (χ1) is 15.5. The minimum absolute atomic E-state index is 0.0501. The second-order valence-corrected chi connectivity index (χ2v) is 9.20. The molecule has 1 N–H and O–H groups in total. The van der Waals surface area contributed by atoms with Gasteiger partial charge in [-0.15, -0.1) is 0 Å². The van der Waals surface area contributed by atoms with Gasteiger partial charge in [-0.1, -0.05) is 104 Å². The molecule has 0 spiro atoms. The van der Waals surface area contributed by atoms with Crippen molar-refractivity contribution in [1.29, 1.82) is 0 Å². The summed E-state index contributed by atoms with van der Waals surface area (Å²) in [7, 11) is 1.54. The summed E-state index contributed by atoms with van der Waals surface area (Å²) in [5.74, 6) is -1.97. The predicted octanol–water partition coefficient (Wildman–Crippen LogP) is 5.71.